The summed E-state index contributed by atoms with van der Waals surface area (Å²) in [6.45, 7) is 0.152. The van der Waals surface area contributed by atoms with Gasteiger partial charge in [-0.15, -0.1) is 11.3 Å². The Morgan fingerprint density at radius 1 is 1.36 bits per heavy atom. The van der Waals surface area contributed by atoms with E-state index in [4.69, 9.17) is 9.47 Å². The fourth-order valence-corrected chi connectivity index (χ4v) is 3.05. The standard InChI is InChI=1S/C15H14N4O5S/c1-23-12-5-10(11(19(21)22)6-13(12)24-2)14(20)16-7-9-8-18-3-4-25-15(18)17-9/h3-6,8H,7H2,1-2H3,(H,16,20). The highest BCUT2D eigenvalue weighted by molar-refractivity contribution is 7.15. The number of nitro benzene ring substituents is 1. The van der Waals surface area contributed by atoms with E-state index in [1.54, 1.807) is 6.20 Å². The summed E-state index contributed by atoms with van der Waals surface area (Å²) in [5.74, 6) is -0.176. The third-order valence-corrected chi connectivity index (χ3v) is 4.29. The number of fused-ring (bicyclic) bond motifs is 1. The zero-order valence-corrected chi connectivity index (χ0v) is 14.2. The smallest absolute Gasteiger partial charge is 0.286 e. The SMILES string of the molecule is COc1cc(C(=O)NCc2cn3ccsc3n2)c([N+](=O)[O-])cc1OC. The average molecular weight is 362 g/mol. The third-order valence-electron chi connectivity index (χ3n) is 3.52. The maximum Gasteiger partial charge on any atom is 0.286 e. The Bertz CT molecular complexity index is 920. The summed E-state index contributed by atoms with van der Waals surface area (Å²) in [5, 5.41) is 15.8. The number of benzene rings is 1. The molecule has 2 heterocycles. The minimum Gasteiger partial charge on any atom is -0.493 e. The molecule has 0 aliphatic rings. The van der Waals surface area contributed by atoms with Crippen LogP contribution in [0.4, 0.5) is 5.69 Å². The van der Waals surface area contributed by atoms with Crippen LogP contribution in [0, 0.1) is 10.1 Å². The molecular formula is C15H14N4O5S. The van der Waals surface area contributed by atoms with Gasteiger partial charge in [-0.3, -0.25) is 19.3 Å². The Labute approximate surface area is 146 Å². The number of methoxy groups -OCH3 is 2. The number of carbonyl (C=O) groups is 1. The molecule has 0 saturated carbocycles. The van der Waals surface area contributed by atoms with Crippen LogP contribution in [0.15, 0.2) is 29.9 Å². The van der Waals surface area contributed by atoms with Crippen LogP contribution < -0.4 is 14.8 Å². The molecule has 0 unspecified atom stereocenters. The number of imidazole rings is 1. The van der Waals surface area contributed by atoms with Gasteiger partial charge in [-0.1, -0.05) is 0 Å². The number of rotatable bonds is 6. The number of amides is 1. The van der Waals surface area contributed by atoms with Crippen molar-refractivity contribution in [2.75, 3.05) is 14.2 Å². The largest absolute Gasteiger partial charge is 0.493 e. The fourth-order valence-electron chi connectivity index (χ4n) is 2.33. The lowest BCUT2D eigenvalue weighted by molar-refractivity contribution is -0.385. The van der Waals surface area contributed by atoms with Crippen molar-refractivity contribution in [2.24, 2.45) is 0 Å². The second-order valence-electron chi connectivity index (χ2n) is 4.99. The predicted octanol–water partition coefficient (Wildman–Crippen LogP) is 2.25. The second-order valence-corrected chi connectivity index (χ2v) is 5.86. The summed E-state index contributed by atoms with van der Waals surface area (Å²) in [5.41, 5.74) is 0.188. The summed E-state index contributed by atoms with van der Waals surface area (Å²) in [6.07, 6.45) is 3.65. The molecule has 130 valence electrons. The van der Waals surface area contributed by atoms with E-state index in [0.717, 1.165) is 4.96 Å². The Hall–Kier alpha value is -3.14. The van der Waals surface area contributed by atoms with Gasteiger partial charge in [-0.2, -0.15) is 0 Å². The number of nitro groups is 1. The molecule has 0 aliphatic carbocycles. The van der Waals surface area contributed by atoms with Gasteiger partial charge in [0.1, 0.15) is 5.56 Å². The topological polar surface area (TPSA) is 108 Å². The molecule has 0 aliphatic heterocycles. The second kappa shape index (κ2) is 6.77. The van der Waals surface area contributed by atoms with Crippen LogP contribution in [-0.2, 0) is 6.54 Å². The van der Waals surface area contributed by atoms with Crippen LogP contribution >= 0.6 is 11.3 Å². The lowest BCUT2D eigenvalue weighted by Crippen LogP contribution is -2.24. The molecular weight excluding hydrogens is 348 g/mol. The van der Waals surface area contributed by atoms with Gasteiger partial charge in [-0.05, 0) is 0 Å². The van der Waals surface area contributed by atoms with Crippen LogP contribution in [0.3, 0.4) is 0 Å². The molecule has 0 spiro atoms. The van der Waals surface area contributed by atoms with E-state index in [1.165, 1.54) is 37.7 Å². The molecule has 1 amide bonds. The van der Waals surface area contributed by atoms with Gasteiger partial charge < -0.3 is 14.8 Å². The molecule has 0 fully saturated rings. The van der Waals surface area contributed by atoms with E-state index >= 15 is 0 Å². The first kappa shape index (κ1) is 16.7. The van der Waals surface area contributed by atoms with E-state index in [0.29, 0.717) is 5.69 Å². The Morgan fingerprint density at radius 3 is 2.72 bits per heavy atom. The molecule has 10 heteroatoms. The first-order chi connectivity index (χ1) is 12.0. The predicted molar refractivity (Wildman–Crippen MR) is 90.4 cm³/mol. The molecule has 1 aromatic carbocycles. The van der Waals surface area contributed by atoms with Crippen LogP contribution in [0.2, 0.25) is 0 Å². The van der Waals surface area contributed by atoms with Crippen LogP contribution in [-0.4, -0.2) is 34.4 Å². The molecule has 0 bridgehead atoms. The zero-order valence-electron chi connectivity index (χ0n) is 13.4. The van der Waals surface area contributed by atoms with Crippen LogP contribution in [0.5, 0.6) is 11.5 Å². The number of ether oxygens (including phenoxy) is 2. The van der Waals surface area contributed by atoms with Crippen molar-refractivity contribution in [3.8, 4) is 11.5 Å². The molecule has 0 saturated heterocycles. The number of carbonyl (C=O) groups excluding carboxylic acids is 1. The zero-order chi connectivity index (χ0) is 18.0. The average Bonchev–Trinajstić information content (AvgIpc) is 3.19. The van der Waals surface area contributed by atoms with E-state index in [9.17, 15) is 14.9 Å². The highest BCUT2D eigenvalue weighted by atomic mass is 32.1. The summed E-state index contributed by atoms with van der Waals surface area (Å²) in [7, 11) is 2.76. The molecule has 0 radical (unpaired) electrons. The number of thiazole rings is 1. The van der Waals surface area contributed by atoms with Gasteiger partial charge in [0.2, 0.25) is 0 Å². The van der Waals surface area contributed by atoms with Gasteiger partial charge in [0.05, 0.1) is 37.4 Å². The molecule has 3 rings (SSSR count). The third kappa shape index (κ3) is 3.24. The van der Waals surface area contributed by atoms with Crippen molar-refractivity contribution in [3.63, 3.8) is 0 Å². The maximum absolute atomic E-state index is 12.4. The fraction of sp³-hybridized carbons (Fsp3) is 0.200. The van der Waals surface area contributed by atoms with Gasteiger partial charge in [0, 0.05) is 23.8 Å². The van der Waals surface area contributed by atoms with Crippen LogP contribution in [0.1, 0.15) is 16.1 Å². The first-order valence-corrected chi connectivity index (χ1v) is 8.01. The van der Waals surface area contributed by atoms with Gasteiger partial charge in [0.15, 0.2) is 16.5 Å². The van der Waals surface area contributed by atoms with Crippen molar-refractivity contribution in [1.82, 2.24) is 14.7 Å². The molecule has 25 heavy (non-hydrogen) atoms. The Morgan fingerprint density at radius 2 is 2.08 bits per heavy atom. The molecule has 3 aromatic rings. The van der Waals surface area contributed by atoms with Crippen molar-refractivity contribution in [2.45, 2.75) is 6.54 Å². The molecule has 0 atom stereocenters. The van der Waals surface area contributed by atoms with E-state index < -0.39 is 10.8 Å². The lowest BCUT2D eigenvalue weighted by atomic mass is 10.1. The van der Waals surface area contributed by atoms with Crippen molar-refractivity contribution in [1.29, 1.82) is 0 Å². The maximum atomic E-state index is 12.4. The quantitative estimate of drug-likeness (QED) is 0.532. The lowest BCUT2D eigenvalue weighted by Gasteiger charge is -2.10. The first-order valence-electron chi connectivity index (χ1n) is 7.13. The summed E-state index contributed by atoms with van der Waals surface area (Å²) in [6, 6.07) is 2.46. The van der Waals surface area contributed by atoms with Crippen molar-refractivity contribution in [3.05, 3.63) is 51.3 Å². The number of aromatic nitrogens is 2. The van der Waals surface area contributed by atoms with Gasteiger partial charge in [-0.25, -0.2) is 4.98 Å². The van der Waals surface area contributed by atoms with Gasteiger partial charge >= 0.3 is 0 Å². The highest BCUT2D eigenvalue weighted by Crippen LogP contribution is 2.34. The van der Waals surface area contributed by atoms with E-state index in [2.05, 4.69) is 10.3 Å². The monoisotopic (exact) mass is 362 g/mol. The minimum atomic E-state index is -0.635. The van der Waals surface area contributed by atoms with Crippen molar-refractivity contribution < 1.29 is 19.2 Å². The van der Waals surface area contributed by atoms with Crippen LogP contribution in [0.25, 0.3) is 4.96 Å². The summed E-state index contributed by atoms with van der Waals surface area (Å²) >= 11 is 1.47. The molecule has 1 N–H and O–H groups in total. The Kier molecular flexibility index (Phi) is 4.52. The number of nitrogens with one attached hydrogen (secondary N) is 1. The van der Waals surface area contributed by atoms with E-state index in [1.807, 2.05) is 16.0 Å². The number of hydrogen-bond donors (Lipinski definition) is 1. The highest BCUT2D eigenvalue weighted by Gasteiger charge is 2.24. The van der Waals surface area contributed by atoms with Crippen molar-refractivity contribution >= 4 is 27.9 Å². The number of hydrogen-bond acceptors (Lipinski definition) is 7. The molecule has 2 aromatic heterocycles. The summed E-state index contributed by atoms with van der Waals surface area (Å²) < 4.78 is 12.0. The van der Waals surface area contributed by atoms with Gasteiger partial charge in [0.25, 0.3) is 11.6 Å². The Balaban J connectivity index is 1.84. The number of nitrogens with zero attached hydrogens (tertiary/aromatic N) is 3. The van der Waals surface area contributed by atoms with E-state index in [-0.39, 0.29) is 29.3 Å². The summed E-state index contributed by atoms with van der Waals surface area (Å²) in [4.78, 5) is 28.2. The normalized spacial score (nSPS) is 10.6. The molecule has 9 nitrogen and oxygen atoms in total. The minimum absolute atomic E-state index is 0.108.